The molecule has 1 unspecified atom stereocenters. The highest BCUT2D eigenvalue weighted by Crippen LogP contribution is 2.31. The number of hydrogen-bond donors (Lipinski definition) is 0. The van der Waals surface area contributed by atoms with E-state index >= 15 is 0 Å². The number of benzene rings is 1. The van der Waals surface area contributed by atoms with Crippen LogP contribution < -0.4 is 0 Å². The Balaban J connectivity index is 1.48. The lowest BCUT2D eigenvalue weighted by Gasteiger charge is -2.38. The van der Waals surface area contributed by atoms with Gasteiger partial charge in [-0.05, 0) is 31.0 Å². The van der Waals surface area contributed by atoms with Gasteiger partial charge in [-0.15, -0.1) is 0 Å². The van der Waals surface area contributed by atoms with Crippen molar-refractivity contribution in [3.63, 3.8) is 0 Å². The van der Waals surface area contributed by atoms with E-state index in [-0.39, 0.29) is 24.8 Å². The molecule has 6 nitrogen and oxygen atoms in total. The van der Waals surface area contributed by atoms with E-state index in [4.69, 9.17) is 20.8 Å². The van der Waals surface area contributed by atoms with Gasteiger partial charge in [-0.25, -0.2) is 0 Å². The fourth-order valence-corrected chi connectivity index (χ4v) is 3.97. The molecule has 2 amide bonds. The van der Waals surface area contributed by atoms with E-state index in [1.807, 2.05) is 24.0 Å². The molecule has 0 N–H and O–H groups in total. The minimum atomic E-state index is -0.433. The van der Waals surface area contributed by atoms with Crippen LogP contribution in [0.1, 0.15) is 17.5 Å². The standard InChI is InChI=1S/C19H21ClN2O4/c1-12-5-16-14(7-15(12)20)13(8-25-16)6-17(23)22-4-3-19(11-22)10-21(2)18(24)9-26-19/h5,7-8H,3-4,6,9-11H2,1-2H3. The van der Waals surface area contributed by atoms with Crippen LogP contribution in [0.25, 0.3) is 11.0 Å². The summed E-state index contributed by atoms with van der Waals surface area (Å²) in [6, 6.07) is 3.74. The molecule has 1 aromatic heterocycles. The lowest BCUT2D eigenvalue weighted by Crippen LogP contribution is -2.54. The first-order valence-corrected chi connectivity index (χ1v) is 9.07. The maximum absolute atomic E-state index is 12.8. The molecule has 0 saturated carbocycles. The molecule has 7 heteroatoms. The van der Waals surface area contributed by atoms with Crippen molar-refractivity contribution in [2.75, 3.05) is 33.3 Å². The van der Waals surface area contributed by atoms with Gasteiger partial charge < -0.3 is 19.0 Å². The molecule has 0 bridgehead atoms. The number of amides is 2. The average molecular weight is 377 g/mol. The molecule has 0 aliphatic carbocycles. The molecule has 3 heterocycles. The van der Waals surface area contributed by atoms with Crippen molar-refractivity contribution < 1.29 is 18.7 Å². The predicted octanol–water partition coefficient (Wildman–Crippen LogP) is 2.40. The molecule has 2 aliphatic heterocycles. The second-order valence-electron chi connectivity index (χ2n) is 7.32. The molecule has 1 spiro atoms. The molecule has 0 radical (unpaired) electrons. The first kappa shape index (κ1) is 17.4. The highest BCUT2D eigenvalue weighted by Gasteiger charge is 2.45. The van der Waals surface area contributed by atoms with Crippen molar-refractivity contribution >= 4 is 34.4 Å². The van der Waals surface area contributed by atoms with E-state index in [2.05, 4.69) is 0 Å². The summed E-state index contributed by atoms with van der Waals surface area (Å²) < 4.78 is 11.4. The minimum absolute atomic E-state index is 0.0163. The topological polar surface area (TPSA) is 63.0 Å². The molecule has 2 saturated heterocycles. The number of nitrogens with zero attached hydrogens (tertiary/aromatic N) is 2. The van der Waals surface area contributed by atoms with Gasteiger partial charge in [-0.1, -0.05) is 11.6 Å². The van der Waals surface area contributed by atoms with Crippen LogP contribution in [-0.4, -0.2) is 60.5 Å². The fourth-order valence-electron chi connectivity index (χ4n) is 3.81. The third kappa shape index (κ3) is 2.97. The zero-order valence-electron chi connectivity index (χ0n) is 14.9. The average Bonchev–Trinajstić information content (AvgIpc) is 3.18. The molecule has 2 fully saturated rings. The van der Waals surface area contributed by atoms with Crippen LogP contribution in [0, 0.1) is 6.92 Å². The maximum atomic E-state index is 12.8. The number of aryl methyl sites for hydroxylation is 1. The zero-order chi connectivity index (χ0) is 18.5. The van der Waals surface area contributed by atoms with E-state index in [1.54, 1.807) is 18.2 Å². The van der Waals surface area contributed by atoms with Gasteiger partial charge in [0.25, 0.3) is 0 Å². The number of carbonyl (C=O) groups is 2. The number of carbonyl (C=O) groups excluding carboxylic acids is 2. The van der Waals surface area contributed by atoms with E-state index < -0.39 is 5.60 Å². The van der Waals surface area contributed by atoms with Crippen LogP contribution in [0.4, 0.5) is 0 Å². The van der Waals surface area contributed by atoms with Gasteiger partial charge in [0.2, 0.25) is 11.8 Å². The van der Waals surface area contributed by atoms with Crippen LogP contribution in [-0.2, 0) is 20.7 Å². The number of fused-ring (bicyclic) bond motifs is 1. The number of rotatable bonds is 2. The van der Waals surface area contributed by atoms with E-state index in [0.29, 0.717) is 24.7 Å². The second-order valence-corrected chi connectivity index (χ2v) is 7.73. The Morgan fingerprint density at radius 1 is 1.35 bits per heavy atom. The number of morpholine rings is 1. The number of likely N-dealkylation sites (tertiary alicyclic amines) is 1. The van der Waals surface area contributed by atoms with E-state index in [0.717, 1.165) is 28.5 Å². The van der Waals surface area contributed by atoms with Crippen LogP contribution in [0.5, 0.6) is 0 Å². The Morgan fingerprint density at radius 2 is 2.15 bits per heavy atom. The van der Waals surface area contributed by atoms with Gasteiger partial charge in [-0.2, -0.15) is 0 Å². The molecule has 4 rings (SSSR count). The monoisotopic (exact) mass is 376 g/mol. The van der Waals surface area contributed by atoms with Crippen LogP contribution in [0.3, 0.4) is 0 Å². The molecule has 1 aromatic carbocycles. The summed E-state index contributed by atoms with van der Waals surface area (Å²) in [6.45, 7) is 3.68. The Hall–Kier alpha value is -2.05. The summed E-state index contributed by atoms with van der Waals surface area (Å²) in [5.74, 6) is 0.0156. The summed E-state index contributed by atoms with van der Waals surface area (Å²) in [5, 5.41) is 1.54. The van der Waals surface area contributed by atoms with Crippen LogP contribution in [0.2, 0.25) is 5.02 Å². The number of hydrogen-bond acceptors (Lipinski definition) is 4. The molecule has 1 atom stereocenters. The zero-order valence-corrected chi connectivity index (χ0v) is 15.6. The molecule has 2 aromatic rings. The number of likely N-dealkylation sites (N-methyl/N-ethyl adjacent to an activating group) is 1. The first-order valence-electron chi connectivity index (χ1n) is 8.69. The summed E-state index contributed by atoms with van der Waals surface area (Å²) in [7, 11) is 1.78. The van der Waals surface area contributed by atoms with E-state index in [1.165, 1.54) is 0 Å². The predicted molar refractivity (Wildman–Crippen MR) is 97.2 cm³/mol. The van der Waals surface area contributed by atoms with Gasteiger partial charge in [-0.3, -0.25) is 9.59 Å². The molecular weight excluding hydrogens is 356 g/mol. The van der Waals surface area contributed by atoms with Crippen molar-refractivity contribution in [2.24, 2.45) is 0 Å². The molecule has 138 valence electrons. The van der Waals surface area contributed by atoms with Gasteiger partial charge in [0.1, 0.15) is 17.8 Å². The SMILES string of the molecule is Cc1cc2occ(CC(=O)N3CCC4(CN(C)C(=O)CO4)C3)c2cc1Cl. The number of furan rings is 1. The Labute approximate surface area is 156 Å². The van der Waals surface area contributed by atoms with Crippen LogP contribution in [0.15, 0.2) is 22.8 Å². The highest BCUT2D eigenvalue weighted by atomic mass is 35.5. The smallest absolute Gasteiger partial charge is 0.248 e. The molecule has 2 aliphatic rings. The molecular formula is C19H21ClN2O4. The Kier molecular flexibility index (Phi) is 4.20. The van der Waals surface area contributed by atoms with Crippen molar-refractivity contribution in [1.82, 2.24) is 9.80 Å². The fraction of sp³-hybridized carbons (Fsp3) is 0.474. The normalized spacial score (nSPS) is 23.4. The highest BCUT2D eigenvalue weighted by molar-refractivity contribution is 6.32. The summed E-state index contributed by atoms with van der Waals surface area (Å²) in [5.41, 5.74) is 2.09. The van der Waals surface area contributed by atoms with Crippen molar-refractivity contribution in [3.8, 4) is 0 Å². The first-order chi connectivity index (χ1) is 12.4. The maximum Gasteiger partial charge on any atom is 0.248 e. The van der Waals surface area contributed by atoms with Crippen molar-refractivity contribution in [2.45, 2.75) is 25.4 Å². The third-order valence-electron chi connectivity index (χ3n) is 5.40. The van der Waals surface area contributed by atoms with Gasteiger partial charge in [0.05, 0.1) is 25.8 Å². The van der Waals surface area contributed by atoms with Crippen molar-refractivity contribution in [3.05, 3.63) is 34.5 Å². The third-order valence-corrected chi connectivity index (χ3v) is 5.81. The van der Waals surface area contributed by atoms with Crippen LogP contribution >= 0.6 is 11.6 Å². The second kappa shape index (κ2) is 6.28. The van der Waals surface area contributed by atoms with Gasteiger partial charge >= 0.3 is 0 Å². The number of halogens is 1. The summed E-state index contributed by atoms with van der Waals surface area (Å²) in [6.07, 6.45) is 2.64. The number of ether oxygens (including phenoxy) is 1. The van der Waals surface area contributed by atoms with E-state index in [9.17, 15) is 9.59 Å². The lowest BCUT2D eigenvalue weighted by atomic mass is 10.0. The summed E-state index contributed by atoms with van der Waals surface area (Å²) in [4.78, 5) is 27.9. The minimum Gasteiger partial charge on any atom is -0.464 e. The summed E-state index contributed by atoms with van der Waals surface area (Å²) >= 11 is 6.22. The van der Waals surface area contributed by atoms with Gasteiger partial charge in [0.15, 0.2) is 0 Å². The lowest BCUT2D eigenvalue weighted by molar-refractivity contribution is -0.159. The molecule has 26 heavy (non-hydrogen) atoms. The largest absolute Gasteiger partial charge is 0.464 e. The quantitative estimate of drug-likeness (QED) is 0.807. The Morgan fingerprint density at radius 3 is 2.92 bits per heavy atom. The van der Waals surface area contributed by atoms with Crippen molar-refractivity contribution in [1.29, 1.82) is 0 Å². The van der Waals surface area contributed by atoms with Gasteiger partial charge in [0, 0.05) is 29.6 Å². The Bertz CT molecular complexity index is 893.